The standard InChI is InChI=1S/C24BF20.C17H14NOS/c26-5-1(6(27)14(35)21(42)13(5)34)25(2-7(28)15(36)22(43)16(37)8(2)29,3-9(30)17(38)23(44)18(39)10(3)31)4-11(32)19(40)24(45)20(41)12(4)33;19-17(15-4-2-1-3-5-15)16-8-6-14(7-9-16)12-18-10-11-20-13-18/h;1-11,13H,12H2/q-1;+1. The van der Waals surface area contributed by atoms with Gasteiger partial charge in [-0.2, -0.15) is 4.57 Å². The Balaban J connectivity index is 0.000000289. The zero-order chi connectivity index (χ0) is 48.1. The number of rotatable bonds is 8. The number of thiazole rings is 1. The Morgan fingerprint density at radius 3 is 0.938 bits per heavy atom. The molecule has 0 aliphatic rings. The lowest BCUT2D eigenvalue weighted by atomic mass is 9.12. The highest BCUT2D eigenvalue weighted by molar-refractivity contribution is 7.20. The SMILES string of the molecule is Fc1c(F)c(F)c([B-](c2c(F)c(F)c(F)c(F)c2F)(c2c(F)c(F)c(F)c(F)c2F)c2c(F)c(F)c(F)c(F)c2F)c(F)c1F.O=C(c1ccccc1)c1ccc(C[n+]2ccsc2)cc1. The van der Waals surface area contributed by atoms with Crippen molar-refractivity contribution in [2.75, 3.05) is 0 Å². The van der Waals surface area contributed by atoms with Gasteiger partial charge in [0.25, 0.3) is 0 Å². The molecule has 7 aromatic rings. The monoisotopic (exact) mass is 959 g/mol. The smallest absolute Gasteiger partial charge is 0.224 e. The molecule has 0 N–H and O–H groups in total. The van der Waals surface area contributed by atoms with Gasteiger partial charge in [-0.3, -0.25) is 4.79 Å². The molecule has 0 saturated carbocycles. The van der Waals surface area contributed by atoms with Crippen LogP contribution in [0.2, 0.25) is 0 Å². The van der Waals surface area contributed by atoms with Crippen molar-refractivity contribution in [3.8, 4) is 0 Å². The van der Waals surface area contributed by atoms with Crippen LogP contribution in [0.1, 0.15) is 21.5 Å². The summed E-state index contributed by atoms with van der Waals surface area (Å²) in [6, 6.07) is 17.2. The highest BCUT2D eigenvalue weighted by Crippen LogP contribution is 2.31. The van der Waals surface area contributed by atoms with Crippen molar-refractivity contribution in [2.45, 2.75) is 6.54 Å². The largest absolute Gasteiger partial charge is 0.289 e. The van der Waals surface area contributed by atoms with Crippen LogP contribution in [0.3, 0.4) is 0 Å². The van der Waals surface area contributed by atoms with Crippen LogP contribution in [-0.4, -0.2) is 11.9 Å². The Morgan fingerprint density at radius 2 is 0.662 bits per heavy atom. The number of halogens is 20. The molecule has 0 bridgehead atoms. The summed E-state index contributed by atoms with van der Waals surface area (Å²) >= 11 is 1.67. The van der Waals surface area contributed by atoms with Gasteiger partial charge in [0.1, 0.15) is 52.7 Å². The zero-order valence-corrected chi connectivity index (χ0v) is 31.9. The first kappa shape index (κ1) is 47.8. The second-order valence-electron chi connectivity index (χ2n) is 13.4. The summed E-state index contributed by atoms with van der Waals surface area (Å²) in [7, 11) is 0. The first-order chi connectivity index (χ1) is 30.5. The summed E-state index contributed by atoms with van der Waals surface area (Å²) in [6.07, 6.45) is -5.17. The molecule has 0 atom stereocenters. The molecule has 1 aromatic heterocycles. The molecule has 24 heteroatoms. The second kappa shape index (κ2) is 18.0. The average molecular weight is 959 g/mol. The molecule has 0 unspecified atom stereocenters. The van der Waals surface area contributed by atoms with Crippen LogP contribution < -0.4 is 26.4 Å². The van der Waals surface area contributed by atoms with E-state index in [1.807, 2.05) is 66.2 Å². The Morgan fingerprint density at radius 1 is 0.385 bits per heavy atom. The van der Waals surface area contributed by atoms with E-state index < -0.39 is 144 Å². The fourth-order valence-corrected chi connectivity index (χ4v) is 7.55. The fourth-order valence-electron chi connectivity index (χ4n) is 6.95. The lowest BCUT2D eigenvalue weighted by molar-refractivity contribution is -0.683. The molecule has 0 amide bonds. The molecular formula is C41H14BF20NOS. The third-order valence-corrected chi connectivity index (χ3v) is 10.5. The van der Waals surface area contributed by atoms with E-state index >= 15 is 35.1 Å². The lowest BCUT2D eigenvalue weighted by Gasteiger charge is -2.44. The highest BCUT2D eigenvalue weighted by atomic mass is 32.1. The van der Waals surface area contributed by atoms with Crippen LogP contribution in [0.15, 0.2) is 71.7 Å². The van der Waals surface area contributed by atoms with Gasteiger partial charge in [-0.15, -0.1) is 21.9 Å². The minimum absolute atomic E-state index is 0.0698. The number of ketones is 1. The molecule has 2 nitrogen and oxygen atoms in total. The Labute approximate surface area is 353 Å². The van der Waals surface area contributed by atoms with Crippen molar-refractivity contribution < 1.29 is 97.2 Å². The predicted molar refractivity (Wildman–Crippen MR) is 189 cm³/mol. The summed E-state index contributed by atoms with van der Waals surface area (Å²) in [4.78, 5) is 12.3. The van der Waals surface area contributed by atoms with Crippen LogP contribution in [-0.2, 0) is 6.54 Å². The normalized spacial score (nSPS) is 11.5. The van der Waals surface area contributed by atoms with E-state index in [1.54, 1.807) is 11.3 Å². The van der Waals surface area contributed by atoms with Gasteiger partial charge in [0.05, 0.1) is 5.38 Å². The maximum absolute atomic E-state index is 15.4. The van der Waals surface area contributed by atoms with Crippen molar-refractivity contribution in [2.24, 2.45) is 0 Å². The maximum Gasteiger partial charge on any atom is 0.224 e. The molecule has 65 heavy (non-hydrogen) atoms. The minimum atomic E-state index is -7.22. The van der Waals surface area contributed by atoms with Crippen molar-refractivity contribution in [1.29, 1.82) is 0 Å². The van der Waals surface area contributed by atoms with Gasteiger partial charge in [-0.1, -0.05) is 65.9 Å². The molecule has 0 aliphatic carbocycles. The fraction of sp³-hybridized carbons (Fsp3) is 0.0244. The van der Waals surface area contributed by atoms with E-state index in [0.29, 0.717) is 0 Å². The maximum atomic E-state index is 15.4. The van der Waals surface area contributed by atoms with Crippen molar-refractivity contribution in [1.82, 2.24) is 0 Å². The third kappa shape index (κ3) is 7.75. The molecule has 0 saturated heterocycles. The van der Waals surface area contributed by atoms with Crippen LogP contribution in [0, 0.1) is 116 Å². The number of benzene rings is 6. The van der Waals surface area contributed by atoms with Gasteiger partial charge < -0.3 is 0 Å². The van der Waals surface area contributed by atoms with Gasteiger partial charge in [-0.25, -0.2) is 87.8 Å². The first-order valence-corrected chi connectivity index (χ1v) is 18.3. The van der Waals surface area contributed by atoms with E-state index in [2.05, 4.69) is 10.1 Å². The summed E-state index contributed by atoms with van der Waals surface area (Å²) in [6.45, 7) is 0.837. The number of carbonyl (C=O) groups excluding carboxylic acids is 1. The number of hydrogen-bond acceptors (Lipinski definition) is 2. The van der Waals surface area contributed by atoms with E-state index in [4.69, 9.17) is 0 Å². The van der Waals surface area contributed by atoms with Crippen LogP contribution >= 0.6 is 11.3 Å². The molecule has 338 valence electrons. The summed E-state index contributed by atoms with van der Waals surface area (Å²) < 4.78 is 296. The molecule has 0 fully saturated rings. The molecule has 1 heterocycles. The molecular weight excluding hydrogens is 945 g/mol. The lowest BCUT2D eigenvalue weighted by Crippen LogP contribution is -2.81. The Kier molecular flexibility index (Phi) is 13.3. The molecule has 7 rings (SSSR count). The first-order valence-electron chi connectivity index (χ1n) is 17.4. The van der Waals surface area contributed by atoms with Gasteiger partial charge in [-0.05, 0) is 0 Å². The Bertz CT molecular complexity index is 2640. The molecule has 0 radical (unpaired) electrons. The van der Waals surface area contributed by atoms with Crippen LogP contribution in [0.25, 0.3) is 0 Å². The average Bonchev–Trinajstić information content (AvgIpc) is 3.82. The van der Waals surface area contributed by atoms with Gasteiger partial charge >= 0.3 is 0 Å². The number of nitrogens with zero attached hydrogens (tertiary/aromatic N) is 1. The molecule has 6 aromatic carbocycles. The van der Waals surface area contributed by atoms with E-state index in [-0.39, 0.29) is 5.78 Å². The van der Waals surface area contributed by atoms with Crippen LogP contribution in [0.4, 0.5) is 87.8 Å². The summed E-state index contributed by atoms with van der Waals surface area (Å²) in [5, 5.41) is 2.05. The topological polar surface area (TPSA) is 20.9 Å². The van der Waals surface area contributed by atoms with Crippen molar-refractivity contribution >= 4 is 45.1 Å². The summed E-state index contributed by atoms with van der Waals surface area (Å²) in [5.74, 6) is -71.3. The number of hydrogen-bond donors (Lipinski definition) is 0. The zero-order valence-electron chi connectivity index (χ0n) is 31.0. The number of aromatic nitrogens is 1. The van der Waals surface area contributed by atoms with E-state index in [0.717, 1.165) is 17.7 Å². The van der Waals surface area contributed by atoms with Gasteiger partial charge in [0.2, 0.25) is 5.51 Å². The number of carbonyl (C=O) groups is 1. The highest BCUT2D eigenvalue weighted by Gasteiger charge is 2.52. The van der Waals surface area contributed by atoms with Crippen LogP contribution in [0.5, 0.6) is 0 Å². The van der Waals surface area contributed by atoms with Crippen molar-refractivity contribution in [3.05, 3.63) is 205 Å². The van der Waals surface area contributed by atoms with Gasteiger partial charge in [0.15, 0.2) is 88.3 Å². The molecule has 0 spiro atoms. The third-order valence-electron chi connectivity index (χ3n) is 9.85. The van der Waals surface area contributed by atoms with E-state index in [1.165, 1.54) is 5.56 Å². The predicted octanol–water partition coefficient (Wildman–Crippen LogP) is 9.16. The van der Waals surface area contributed by atoms with E-state index in [9.17, 15) is 57.5 Å². The quantitative estimate of drug-likeness (QED) is 0.0372. The molecule has 0 aliphatic heterocycles. The Hall–Kier alpha value is -6.72. The minimum Gasteiger partial charge on any atom is -0.289 e. The van der Waals surface area contributed by atoms with Crippen molar-refractivity contribution in [3.63, 3.8) is 0 Å². The summed E-state index contributed by atoms with van der Waals surface area (Å²) in [5.41, 5.74) is -9.60. The second-order valence-corrected chi connectivity index (χ2v) is 14.1. The van der Waals surface area contributed by atoms with Gasteiger partial charge in [0, 0.05) is 16.7 Å².